The number of rotatable bonds is 5. The Hall–Kier alpha value is -1.32. The first kappa shape index (κ1) is 19.0. The smallest absolute Gasteiger partial charge is 0.409 e. The van der Waals surface area contributed by atoms with E-state index in [-0.39, 0.29) is 31.6 Å². The lowest BCUT2D eigenvalue weighted by atomic mass is 10.1. The third-order valence-corrected chi connectivity index (χ3v) is 6.42. The van der Waals surface area contributed by atoms with Gasteiger partial charge in [0.1, 0.15) is 11.8 Å². The number of alkyl halides is 3. The summed E-state index contributed by atoms with van der Waals surface area (Å²) in [5.41, 5.74) is -0.151. The second-order valence-electron chi connectivity index (χ2n) is 5.59. The van der Waals surface area contributed by atoms with Crippen molar-refractivity contribution in [3.8, 4) is 5.75 Å². The Kier molecular flexibility index (Phi) is 5.77. The van der Waals surface area contributed by atoms with Gasteiger partial charge in [-0.1, -0.05) is 12.1 Å². The van der Waals surface area contributed by atoms with Gasteiger partial charge >= 0.3 is 6.18 Å². The van der Waals surface area contributed by atoms with Gasteiger partial charge in [0.15, 0.2) is 0 Å². The summed E-state index contributed by atoms with van der Waals surface area (Å²) in [6, 6.07) is 2.97. The first-order chi connectivity index (χ1) is 11.2. The number of methoxy groups -OCH3 is 1. The van der Waals surface area contributed by atoms with Crippen LogP contribution in [0.4, 0.5) is 13.2 Å². The molecule has 0 aromatic heterocycles. The van der Waals surface area contributed by atoms with Crippen LogP contribution in [0.3, 0.4) is 0 Å². The Bertz CT molecular complexity index is 640. The Labute approximate surface area is 139 Å². The summed E-state index contributed by atoms with van der Waals surface area (Å²) < 4.78 is 76.4. The van der Waals surface area contributed by atoms with Crippen molar-refractivity contribution in [2.24, 2.45) is 0 Å². The Morgan fingerprint density at radius 2 is 1.75 bits per heavy atom. The van der Waals surface area contributed by atoms with Gasteiger partial charge in [0.2, 0.25) is 10.0 Å². The number of halogens is 3. The molecular formula is C15H20F3NO4S. The van der Waals surface area contributed by atoms with Crippen molar-refractivity contribution < 1.29 is 31.1 Å². The lowest BCUT2D eigenvalue weighted by molar-refractivity contribution is -0.171. The van der Waals surface area contributed by atoms with Crippen molar-refractivity contribution >= 4 is 10.0 Å². The summed E-state index contributed by atoms with van der Waals surface area (Å²) in [4.78, 5) is 0. The number of benzene rings is 1. The summed E-state index contributed by atoms with van der Waals surface area (Å²) in [6.45, 7) is 0.466. The van der Waals surface area contributed by atoms with E-state index in [4.69, 9.17) is 9.47 Å². The molecule has 9 heteroatoms. The molecule has 0 N–H and O–H groups in total. The largest absolute Gasteiger partial charge is 0.497 e. The van der Waals surface area contributed by atoms with E-state index in [0.717, 1.165) is 7.05 Å². The summed E-state index contributed by atoms with van der Waals surface area (Å²) >= 11 is 0. The van der Waals surface area contributed by atoms with E-state index in [2.05, 4.69) is 0 Å². The predicted molar refractivity (Wildman–Crippen MR) is 82.3 cm³/mol. The van der Waals surface area contributed by atoms with Gasteiger partial charge in [-0.3, -0.25) is 0 Å². The highest BCUT2D eigenvalue weighted by atomic mass is 32.2. The van der Waals surface area contributed by atoms with Gasteiger partial charge in [-0.2, -0.15) is 17.5 Å². The monoisotopic (exact) mass is 367 g/mol. The van der Waals surface area contributed by atoms with Crippen LogP contribution in [0.2, 0.25) is 0 Å². The summed E-state index contributed by atoms with van der Waals surface area (Å²) in [6.07, 6.45) is -4.35. The maximum Gasteiger partial charge on any atom is 0.409 e. The second-order valence-corrected chi connectivity index (χ2v) is 7.86. The van der Waals surface area contributed by atoms with E-state index >= 15 is 0 Å². The zero-order valence-corrected chi connectivity index (χ0v) is 14.2. The average Bonchev–Trinajstić information content (AvgIpc) is 2.55. The molecule has 0 aliphatic carbocycles. The third-order valence-electron chi connectivity index (χ3n) is 4.10. The van der Waals surface area contributed by atoms with Crippen molar-refractivity contribution in [2.45, 2.75) is 30.3 Å². The molecule has 0 radical (unpaired) electrons. The molecule has 1 atom stereocenters. The van der Waals surface area contributed by atoms with Crippen LogP contribution >= 0.6 is 0 Å². The molecule has 0 saturated carbocycles. The van der Waals surface area contributed by atoms with E-state index < -0.39 is 27.5 Å². The molecule has 2 rings (SSSR count). The highest BCUT2D eigenvalue weighted by Crippen LogP contribution is 2.40. The van der Waals surface area contributed by atoms with Crippen LogP contribution in [-0.4, -0.2) is 51.5 Å². The molecule has 1 aromatic rings. The van der Waals surface area contributed by atoms with E-state index in [1.807, 2.05) is 0 Å². The molecule has 0 spiro atoms. The van der Waals surface area contributed by atoms with Crippen LogP contribution in [0.25, 0.3) is 0 Å². The summed E-state index contributed by atoms with van der Waals surface area (Å²) in [7, 11) is -1.73. The van der Waals surface area contributed by atoms with Crippen LogP contribution in [-0.2, 0) is 14.8 Å². The standard InChI is InChI=1S/C15H20F3NO4S/c1-19(24(20,21)13-7-9-23-10-8-13)14(15(16,17)18)11-3-5-12(22-2)6-4-11/h3-6,13-14H,7-10H2,1-2H3/t14-/m0/s1. The third kappa shape index (κ3) is 4.01. The lowest BCUT2D eigenvalue weighted by Gasteiger charge is -2.33. The molecule has 0 unspecified atom stereocenters. The first-order valence-electron chi connectivity index (χ1n) is 7.43. The molecule has 1 heterocycles. The van der Waals surface area contributed by atoms with Crippen LogP contribution in [0.1, 0.15) is 24.4 Å². The molecule has 136 valence electrons. The minimum absolute atomic E-state index is 0.151. The molecule has 1 fully saturated rings. The van der Waals surface area contributed by atoms with Gasteiger partial charge in [-0.05, 0) is 30.5 Å². The number of nitrogens with zero attached hydrogens (tertiary/aromatic N) is 1. The highest BCUT2D eigenvalue weighted by Gasteiger charge is 2.49. The number of sulfonamides is 1. The van der Waals surface area contributed by atoms with E-state index in [9.17, 15) is 21.6 Å². The SMILES string of the molecule is COc1ccc([C@H](N(C)S(=O)(=O)C2CCOCC2)C(F)(F)F)cc1. The van der Waals surface area contributed by atoms with Gasteiger partial charge < -0.3 is 9.47 Å². The zero-order valence-electron chi connectivity index (χ0n) is 13.4. The lowest BCUT2D eigenvalue weighted by Crippen LogP contribution is -2.45. The van der Waals surface area contributed by atoms with Crippen molar-refractivity contribution in [3.63, 3.8) is 0 Å². The molecular weight excluding hydrogens is 347 g/mol. The molecule has 1 aromatic carbocycles. The molecule has 1 aliphatic rings. The normalized spacial score (nSPS) is 18.6. The number of ether oxygens (including phenoxy) is 2. The summed E-state index contributed by atoms with van der Waals surface area (Å²) in [5.74, 6) is 0.398. The average molecular weight is 367 g/mol. The van der Waals surface area contributed by atoms with Crippen LogP contribution in [0.5, 0.6) is 5.75 Å². The van der Waals surface area contributed by atoms with Gasteiger partial charge in [-0.25, -0.2) is 8.42 Å². The predicted octanol–water partition coefficient (Wildman–Crippen LogP) is 2.74. The van der Waals surface area contributed by atoms with Crippen molar-refractivity contribution in [1.29, 1.82) is 0 Å². The first-order valence-corrected chi connectivity index (χ1v) is 8.93. The molecule has 24 heavy (non-hydrogen) atoms. The highest BCUT2D eigenvalue weighted by molar-refractivity contribution is 7.89. The second kappa shape index (κ2) is 7.28. The topological polar surface area (TPSA) is 55.8 Å². The summed E-state index contributed by atoms with van der Waals surface area (Å²) in [5, 5.41) is -0.862. The van der Waals surface area contributed by atoms with Gasteiger partial charge in [-0.15, -0.1) is 0 Å². The molecule has 0 bridgehead atoms. The Balaban J connectivity index is 2.36. The van der Waals surface area contributed by atoms with Gasteiger partial charge in [0.05, 0.1) is 12.4 Å². The van der Waals surface area contributed by atoms with Crippen LogP contribution < -0.4 is 4.74 Å². The van der Waals surface area contributed by atoms with Gasteiger partial charge in [0, 0.05) is 20.3 Å². The molecule has 1 saturated heterocycles. The van der Waals surface area contributed by atoms with Gasteiger partial charge in [0.25, 0.3) is 0 Å². The maximum absolute atomic E-state index is 13.6. The zero-order chi connectivity index (χ0) is 18.0. The Morgan fingerprint density at radius 1 is 1.21 bits per heavy atom. The fraction of sp³-hybridized carbons (Fsp3) is 0.600. The fourth-order valence-electron chi connectivity index (χ4n) is 2.75. The molecule has 1 aliphatic heterocycles. The van der Waals surface area contributed by atoms with Crippen molar-refractivity contribution in [1.82, 2.24) is 4.31 Å². The molecule has 0 amide bonds. The van der Waals surface area contributed by atoms with Crippen LogP contribution in [0.15, 0.2) is 24.3 Å². The minimum atomic E-state index is -4.73. The fourth-order valence-corrected chi connectivity index (χ4v) is 4.54. The van der Waals surface area contributed by atoms with E-state index in [0.29, 0.717) is 10.1 Å². The van der Waals surface area contributed by atoms with Crippen LogP contribution in [0, 0.1) is 0 Å². The quantitative estimate of drug-likeness (QED) is 0.803. The Morgan fingerprint density at radius 3 is 2.21 bits per heavy atom. The maximum atomic E-state index is 13.6. The minimum Gasteiger partial charge on any atom is -0.497 e. The molecule has 5 nitrogen and oxygen atoms in total. The van der Waals surface area contributed by atoms with Crippen molar-refractivity contribution in [2.75, 3.05) is 27.4 Å². The number of hydrogen-bond acceptors (Lipinski definition) is 4. The van der Waals surface area contributed by atoms with Crippen molar-refractivity contribution in [3.05, 3.63) is 29.8 Å². The number of hydrogen-bond donors (Lipinski definition) is 0. The van der Waals surface area contributed by atoms with E-state index in [1.54, 1.807) is 0 Å². The van der Waals surface area contributed by atoms with E-state index in [1.165, 1.54) is 31.4 Å².